The van der Waals surface area contributed by atoms with Crippen LogP contribution in [0.2, 0.25) is 0 Å². The fourth-order valence-electron chi connectivity index (χ4n) is 2.34. The van der Waals surface area contributed by atoms with Gasteiger partial charge in [0, 0.05) is 19.2 Å². The third kappa shape index (κ3) is 2.91. The lowest BCUT2D eigenvalue weighted by atomic mass is 10.0. The van der Waals surface area contributed by atoms with Gasteiger partial charge in [-0.3, -0.25) is 4.79 Å². The van der Waals surface area contributed by atoms with Crippen molar-refractivity contribution in [2.75, 3.05) is 24.3 Å². The standard InChI is InChI=1S/C13H20N4O/c1-2-4-10-7-12(18)17(8-10)9-16-13-11(14)5-3-6-15-13/h3,5-6,10H,2,4,7-9,14H2,1H3,(H,15,16). The lowest BCUT2D eigenvalue weighted by molar-refractivity contribution is -0.127. The van der Waals surface area contributed by atoms with E-state index in [1.54, 1.807) is 18.3 Å². The maximum Gasteiger partial charge on any atom is 0.224 e. The lowest BCUT2D eigenvalue weighted by Crippen LogP contribution is -2.31. The lowest BCUT2D eigenvalue weighted by Gasteiger charge is -2.18. The molecule has 1 fully saturated rings. The number of rotatable bonds is 5. The van der Waals surface area contributed by atoms with Crippen LogP contribution in [0.15, 0.2) is 18.3 Å². The Balaban J connectivity index is 1.87. The molecule has 0 spiro atoms. The van der Waals surface area contributed by atoms with Gasteiger partial charge in [0.1, 0.15) is 0 Å². The third-order valence-electron chi connectivity index (χ3n) is 3.27. The van der Waals surface area contributed by atoms with Gasteiger partial charge in [-0.2, -0.15) is 0 Å². The third-order valence-corrected chi connectivity index (χ3v) is 3.27. The molecule has 1 aromatic heterocycles. The van der Waals surface area contributed by atoms with Crippen molar-refractivity contribution in [2.24, 2.45) is 5.92 Å². The number of nitrogen functional groups attached to an aromatic ring is 1. The van der Waals surface area contributed by atoms with E-state index < -0.39 is 0 Å². The minimum Gasteiger partial charge on any atom is -0.396 e. The second kappa shape index (κ2) is 5.71. The normalized spacial score (nSPS) is 19.3. The largest absolute Gasteiger partial charge is 0.396 e. The molecule has 1 atom stereocenters. The van der Waals surface area contributed by atoms with Crippen molar-refractivity contribution >= 4 is 17.4 Å². The van der Waals surface area contributed by atoms with Crippen LogP contribution < -0.4 is 11.1 Å². The molecule has 5 heteroatoms. The van der Waals surface area contributed by atoms with E-state index in [1.807, 2.05) is 4.90 Å². The predicted molar refractivity (Wildman–Crippen MR) is 71.9 cm³/mol. The van der Waals surface area contributed by atoms with Gasteiger partial charge < -0.3 is 16.0 Å². The molecule has 5 nitrogen and oxygen atoms in total. The number of aromatic nitrogens is 1. The van der Waals surface area contributed by atoms with Gasteiger partial charge in [-0.25, -0.2) is 4.98 Å². The first-order valence-electron chi connectivity index (χ1n) is 6.42. The van der Waals surface area contributed by atoms with Crippen LogP contribution in [0.5, 0.6) is 0 Å². The molecule has 1 aliphatic rings. The van der Waals surface area contributed by atoms with Crippen molar-refractivity contribution in [1.82, 2.24) is 9.88 Å². The van der Waals surface area contributed by atoms with Gasteiger partial charge in [-0.15, -0.1) is 0 Å². The molecule has 3 N–H and O–H groups in total. The summed E-state index contributed by atoms with van der Waals surface area (Å²) in [4.78, 5) is 17.8. The number of nitrogens with two attached hydrogens (primary N) is 1. The summed E-state index contributed by atoms with van der Waals surface area (Å²) < 4.78 is 0. The molecule has 98 valence electrons. The molecule has 1 saturated heterocycles. The van der Waals surface area contributed by atoms with Crippen molar-refractivity contribution in [1.29, 1.82) is 0 Å². The van der Waals surface area contributed by atoms with Crippen LogP contribution in [0.3, 0.4) is 0 Å². The van der Waals surface area contributed by atoms with Crippen LogP contribution in [0, 0.1) is 5.92 Å². The van der Waals surface area contributed by atoms with Crippen molar-refractivity contribution in [3.05, 3.63) is 18.3 Å². The van der Waals surface area contributed by atoms with Crippen molar-refractivity contribution in [3.63, 3.8) is 0 Å². The molecule has 1 aliphatic heterocycles. The highest BCUT2D eigenvalue weighted by Gasteiger charge is 2.28. The molecular weight excluding hydrogens is 228 g/mol. The second-order valence-corrected chi connectivity index (χ2v) is 4.75. The number of hydrogen-bond donors (Lipinski definition) is 2. The Morgan fingerprint density at radius 2 is 2.44 bits per heavy atom. The summed E-state index contributed by atoms with van der Waals surface area (Å²) in [5.74, 6) is 1.37. The maximum absolute atomic E-state index is 11.8. The van der Waals surface area contributed by atoms with Gasteiger partial charge in [0.25, 0.3) is 0 Å². The molecule has 1 amide bonds. The van der Waals surface area contributed by atoms with Gasteiger partial charge in [0.05, 0.1) is 12.4 Å². The summed E-state index contributed by atoms with van der Waals surface area (Å²) in [6.07, 6.45) is 4.61. The Morgan fingerprint density at radius 1 is 1.61 bits per heavy atom. The number of amides is 1. The number of anilines is 2. The van der Waals surface area contributed by atoms with Crippen LogP contribution >= 0.6 is 0 Å². The van der Waals surface area contributed by atoms with Crippen molar-refractivity contribution in [3.8, 4) is 0 Å². The van der Waals surface area contributed by atoms with E-state index in [1.165, 1.54) is 0 Å². The summed E-state index contributed by atoms with van der Waals surface area (Å²) in [6, 6.07) is 3.58. The van der Waals surface area contributed by atoms with Crippen LogP contribution in [0.4, 0.5) is 11.5 Å². The minimum atomic E-state index is 0.218. The highest BCUT2D eigenvalue weighted by molar-refractivity contribution is 5.79. The quantitative estimate of drug-likeness (QED) is 0.831. The molecule has 0 bridgehead atoms. The molecule has 2 rings (SSSR count). The molecule has 18 heavy (non-hydrogen) atoms. The predicted octanol–water partition coefficient (Wildman–Crippen LogP) is 1.68. The number of nitrogens with zero attached hydrogens (tertiary/aromatic N) is 2. The maximum atomic E-state index is 11.8. The van der Waals surface area contributed by atoms with Crippen molar-refractivity contribution in [2.45, 2.75) is 26.2 Å². The molecule has 1 aromatic rings. The summed E-state index contributed by atoms with van der Waals surface area (Å²) in [6.45, 7) is 3.48. The highest BCUT2D eigenvalue weighted by Crippen LogP contribution is 2.22. The molecule has 0 radical (unpaired) electrons. The summed E-state index contributed by atoms with van der Waals surface area (Å²) in [5, 5.41) is 3.12. The van der Waals surface area contributed by atoms with E-state index in [4.69, 9.17) is 5.73 Å². The van der Waals surface area contributed by atoms with E-state index >= 15 is 0 Å². The number of pyridine rings is 1. The zero-order chi connectivity index (χ0) is 13.0. The summed E-state index contributed by atoms with van der Waals surface area (Å²) in [5.41, 5.74) is 6.39. The Hall–Kier alpha value is -1.78. The second-order valence-electron chi connectivity index (χ2n) is 4.75. The SMILES string of the molecule is CCCC1CC(=O)N(CNc2ncccc2N)C1. The highest BCUT2D eigenvalue weighted by atomic mass is 16.2. The number of likely N-dealkylation sites (tertiary alicyclic amines) is 1. The number of nitrogens with one attached hydrogen (secondary N) is 1. The van der Waals surface area contributed by atoms with E-state index in [0.717, 1.165) is 19.4 Å². The average Bonchev–Trinajstić information content (AvgIpc) is 2.69. The zero-order valence-electron chi connectivity index (χ0n) is 10.7. The van der Waals surface area contributed by atoms with Gasteiger partial charge in [0.2, 0.25) is 5.91 Å². The summed E-state index contributed by atoms with van der Waals surface area (Å²) >= 11 is 0. The first-order valence-corrected chi connectivity index (χ1v) is 6.42. The first kappa shape index (κ1) is 12.7. The topological polar surface area (TPSA) is 71.2 Å². The van der Waals surface area contributed by atoms with Gasteiger partial charge in [-0.1, -0.05) is 13.3 Å². The van der Waals surface area contributed by atoms with E-state index in [9.17, 15) is 4.79 Å². The smallest absolute Gasteiger partial charge is 0.224 e. The molecule has 2 heterocycles. The van der Waals surface area contributed by atoms with Crippen LogP contribution in [0.25, 0.3) is 0 Å². The Labute approximate surface area is 107 Å². The molecule has 0 aliphatic carbocycles. The first-order chi connectivity index (χ1) is 8.70. The number of hydrogen-bond acceptors (Lipinski definition) is 4. The van der Waals surface area contributed by atoms with E-state index in [-0.39, 0.29) is 5.91 Å². The minimum absolute atomic E-state index is 0.218. The molecular formula is C13H20N4O. The fourth-order valence-corrected chi connectivity index (χ4v) is 2.34. The number of carbonyl (C=O) groups is 1. The van der Waals surface area contributed by atoms with E-state index in [0.29, 0.717) is 30.5 Å². The monoisotopic (exact) mass is 248 g/mol. The fraction of sp³-hybridized carbons (Fsp3) is 0.538. The van der Waals surface area contributed by atoms with Gasteiger partial charge in [-0.05, 0) is 24.5 Å². The van der Waals surface area contributed by atoms with Crippen LogP contribution in [-0.2, 0) is 4.79 Å². The van der Waals surface area contributed by atoms with Gasteiger partial charge >= 0.3 is 0 Å². The average molecular weight is 248 g/mol. The van der Waals surface area contributed by atoms with Gasteiger partial charge in [0.15, 0.2) is 5.82 Å². The van der Waals surface area contributed by atoms with Crippen LogP contribution in [-0.4, -0.2) is 29.0 Å². The van der Waals surface area contributed by atoms with Crippen LogP contribution in [0.1, 0.15) is 26.2 Å². The van der Waals surface area contributed by atoms with E-state index in [2.05, 4.69) is 17.2 Å². The summed E-state index contributed by atoms with van der Waals surface area (Å²) in [7, 11) is 0. The Bertz CT molecular complexity index is 421. The number of carbonyl (C=O) groups excluding carboxylic acids is 1. The van der Waals surface area contributed by atoms with Crippen molar-refractivity contribution < 1.29 is 4.79 Å². The molecule has 0 aromatic carbocycles. The zero-order valence-corrected chi connectivity index (χ0v) is 10.7. The molecule has 1 unspecified atom stereocenters. The molecule has 0 saturated carbocycles. The Morgan fingerprint density at radius 3 is 3.17 bits per heavy atom. The Kier molecular flexibility index (Phi) is 4.02.